The molecule has 0 aliphatic heterocycles. The summed E-state index contributed by atoms with van der Waals surface area (Å²) in [6, 6.07) is 3.49. The third-order valence-corrected chi connectivity index (χ3v) is 4.32. The van der Waals surface area contributed by atoms with Crippen LogP contribution in [0.25, 0.3) is 0 Å². The van der Waals surface area contributed by atoms with Crippen molar-refractivity contribution in [1.29, 1.82) is 0 Å². The summed E-state index contributed by atoms with van der Waals surface area (Å²) in [6.45, 7) is 3.44. The standard InChI is InChI=1S/C15H25N5O/c1-4-16-13-8-7-12(18-19-13)14(21)17-11-15(20(2)3)9-5-6-10-15/h7-8H,4-6,9-11H2,1-3H3,(H,16,19)(H,17,21). The first kappa shape index (κ1) is 15.7. The molecule has 1 aliphatic rings. The predicted octanol–water partition coefficient (Wildman–Crippen LogP) is 1.51. The molecular formula is C15H25N5O. The molecule has 0 atom stereocenters. The number of hydrogen-bond acceptors (Lipinski definition) is 5. The van der Waals surface area contributed by atoms with Crippen molar-refractivity contribution in [1.82, 2.24) is 20.4 Å². The zero-order valence-electron chi connectivity index (χ0n) is 13.1. The van der Waals surface area contributed by atoms with Crippen LogP contribution in [-0.4, -0.2) is 53.7 Å². The van der Waals surface area contributed by atoms with Crippen molar-refractivity contribution in [3.63, 3.8) is 0 Å². The van der Waals surface area contributed by atoms with Crippen LogP contribution in [0.3, 0.4) is 0 Å². The fourth-order valence-corrected chi connectivity index (χ4v) is 2.88. The lowest BCUT2D eigenvalue weighted by molar-refractivity contribution is 0.0894. The minimum atomic E-state index is -0.154. The first-order valence-corrected chi connectivity index (χ1v) is 7.60. The Morgan fingerprint density at radius 1 is 1.29 bits per heavy atom. The molecule has 0 saturated heterocycles. The van der Waals surface area contributed by atoms with Gasteiger partial charge >= 0.3 is 0 Å². The minimum absolute atomic E-state index is 0.0901. The Hall–Kier alpha value is -1.69. The van der Waals surface area contributed by atoms with Gasteiger partial charge in [-0.05, 0) is 46.0 Å². The van der Waals surface area contributed by atoms with Crippen molar-refractivity contribution in [2.24, 2.45) is 0 Å². The Bertz CT molecular complexity index is 465. The van der Waals surface area contributed by atoms with Crippen LogP contribution in [-0.2, 0) is 0 Å². The number of hydrogen-bond donors (Lipinski definition) is 2. The smallest absolute Gasteiger partial charge is 0.271 e. The molecule has 0 spiro atoms. The zero-order chi connectivity index (χ0) is 15.3. The molecule has 2 N–H and O–H groups in total. The van der Waals surface area contributed by atoms with Gasteiger partial charge in [0.15, 0.2) is 5.69 Å². The van der Waals surface area contributed by atoms with E-state index in [-0.39, 0.29) is 11.4 Å². The number of nitrogens with zero attached hydrogens (tertiary/aromatic N) is 3. The lowest BCUT2D eigenvalue weighted by atomic mass is 9.96. The van der Waals surface area contributed by atoms with Crippen LogP contribution in [0.4, 0.5) is 5.82 Å². The Balaban J connectivity index is 1.94. The third kappa shape index (κ3) is 3.69. The number of amides is 1. The highest BCUT2D eigenvalue weighted by atomic mass is 16.1. The largest absolute Gasteiger partial charge is 0.369 e. The van der Waals surface area contributed by atoms with Crippen molar-refractivity contribution < 1.29 is 4.79 Å². The Kier molecular flexibility index (Phi) is 5.12. The van der Waals surface area contributed by atoms with E-state index >= 15 is 0 Å². The molecule has 6 nitrogen and oxygen atoms in total. The summed E-state index contributed by atoms with van der Waals surface area (Å²) < 4.78 is 0. The molecule has 1 saturated carbocycles. The maximum absolute atomic E-state index is 12.2. The number of anilines is 1. The van der Waals surface area contributed by atoms with Crippen LogP contribution in [0.1, 0.15) is 43.1 Å². The highest BCUT2D eigenvalue weighted by molar-refractivity contribution is 5.92. The topological polar surface area (TPSA) is 70.2 Å². The number of likely N-dealkylation sites (N-methyl/N-ethyl adjacent to an activating group) is 1. The van der Waals surface area contributed by atoms with E-state index in [4.69, 9.17) is 0 Å². The maximum Gasteiger partial charge on any atom is 0.271 e. The SMILES string of the molecule is CCNc1ccc(C(=O)NCC2(N(C)C)CCCC2)nn1. The molecule has 0 radical (unpaired) electrons. The van der Waals surface area contributed by atoms with Gasteiger partial charge in [0.1, 0.15) is 5.82 Å². The zero-order valence-corrected chi connectivity index (χ0v) is 13.1. The fourth-order valence-electron chi connectivity index (χ4n) is 2.88. The average Bonchev–Trinajstić information content (AvgIpc) is 2.96. The summed E-state index contributed by atoms with van der Waals surface area (Å²) in [7, 11) is 4.17. The molecule has 1 aliphatic carbocycles. The third-order valence-electron chi connectivity index (χ3n) is 4.32. The molecule has 116 valence electrons. The molecule has 1 fully saturated rings. The van der Waals surface area contributed by atoms with Gasteiger partial charge in [-0.2, -0.15) is 0 Å². The summed E-state index contributed by atoms with van der Waals surface area (Å²) >= 11 is 0. The van der Waals surface area contributed by atoms with Crippen LogP contribution in [0, 0.1) is 0 Å². The molecule has 1 heterocycles. The quantitative estimate of drug-likeness (QED) is 0.831. The van der Waals surface area contributed by atoms with Crippen molar-refractivity contribution in [3.05, 3.63) is 17.8 Å². The van der Waals surface area contributed by atoms with E-state index in [0.717, 1.165) is 19.4 Å². The van der Waals surface area contributed by atoms with E-state index in [1.54, 1.807) is 12.1 Å². The number of nitrogens with one attached hydrogen (secondary N) is 2. The van der Waals surface area contributed by atoms with Gasteiger partial charge in [0, 0.05) is 18.6 Å². The molecule has 1 amide bonds. The minimum Gasteiger partial charge on any atom is -0.369 e. The van der Waals surface area contributed by atoms with Gasteiger partial charge in [-0.25, -0.2) is 0 Å². The Morgan fingerprint density at radius 3 is 2.52 bits per heavy atom. The van der Waals surface area contributed by atoms with Crippen molar-refractivity contribution >= 4 is 11.7 Å². The van der Waals surface area contributed by atoms with Gasteiger partial charge in [-0.15, -0.1) is 10.2 Å². The summed E-state index contributed by atoms with van der Waals surface area (Å²) in [5.74, 6) is 0.535. The number of rotatable bonds is 6. The van der Waals surface area contributed by atoms with Crippen molar-refractivity contribution in [2.75, 3.05) is 32.5 Å². The van der Waals surface area contributed by atoms with Crippen LogP contribution in [0.15, 0.2) is 12.1 Å². The van der Waals surface area contributed by atoms with E-state index < -0.39 is 0 Å². The normalized spacial score (nSPS) is 17.0. The second-order valence-electron chi connectivity index (χ2n) is 5.84. The monoisotopic (exact) mass is 291 g/mol. The maximum atomic E-state index is 12.2. The van der Waals surface area contributed by atoms with Gasteiger partial charge in [0.05, 0.1) is 0 Å². The molecule has 2 rings (SSSR count). The lowest BCUT2D eigenvalue weighted by Crippen LogP contribution is -2.50. The fraction of sp³-hybridized carbons (Fsp3) is 0.667. The number of carbonyl (C=O) groups excluding carboxylic acids is 1. The first-order valence-electron chi connectivity index (χ1n) is 7.60. The summed E-state index contributed by atoms with van der Waals surface area (Å²) in [4.78, 5) is 14.4. The van der Waals surface area contributed by atoms with Crippen LogP contribution < -0.4 is 10.6 Å². The van der Waals surface area contributed by atoms with Gasteiger partial charge in [-0.1, -0.05) is 12.8 Å². The van der Waals surface area contributed by atoms with Crippen LogP contribution in [0.5, 0.6) is 0 Å². The summed E-state index contributed by atoms with van der Waals surface area (Å²) in [5.41, 5.74) is 0.454. The average molecular weight is 291 g/mol. The van der Waals surface area contributed by atoms with E-state index in [9.17, 15) is 4.79 Å². The highest BCUT2D eigenvalue weighted by Crippen LogP contribution is 2.33. The van der Waals surface area contributed by atoms with E-state index in [1.165, 1.54) is 12.8 Å². The Morgan fingerprint density at radius 2 is 2.00 bits per heavy atom. The molecule has 0 aromatic carbocycles. The lowest BCUT2D eigenvalue weighted by Gasteiger charge is -2.36. The molecule has 0 unspecified atom stereocenters. The second kappa shape index (κ2) is 6.85. The van der Waals surface area contributed by atoms with Crippen molar-refractivity contribution in [2.45, 2.75) is 38.1 Å². The molecule has 6 heteroatoms. The molecule has 0 bridgehead atoms. The molecular weight excluding hydrogens is 266 g/mol. The first-order chi connectivity index (χ1) is 10.1. The number of aromatic nitrogens is 2. The van der Waals surface area contributed by atoms with Gasteiger partial charge in [-0.3, -0.25) is 4.79 Å². The van der Waals surface area contributed by atoms with Gasteiger partial charge < -0.3 is 15.5 Å². The summed E-state index contributed by atoms with van der Waals surface area (Å²) in [5, 5.41) is 14.0. The van der Waals surface area contributed by atoms with E-state index in [1.807, 2.05) is 6.92 Å². The van der Waals surface area contributed by atoms with E-state index in [2.05, 4.69) is 39.8 Å². The van der Waals surface area contributed by atoms with Gasteiger partial charge in [0.25, 0.3) is 5.91 Å². The van der Waals surface area contributed by atoms with E-state index in [0.29, 0.717) is 18.1 Å². The molecule has 1 aromatic heterocycles. The number of carbonyl (C=O) groups is 1. The Labute approximate surface area is 126 Å². The summed E-state index contributed by atoms with van der Waals surface area (Å²) in [6.07, 6.45) is 4.72. The second-order valence-corrected chi connectivity index (χ2v) is 5.84. The van der Waals surface area contributed by atoms with Crippen LogP contribution >= 0.6 is 0 Å². The molecule has 21 heavy (non-hydrogen) atoms. The molecule has 1 aromatic rings. The predicted molar refractivity (Wildman–Crippen MR) is 83.4 cm³/mol. The van der Waals surface area contributed by atoms with Crippen LogP contribution in [0.2, 0.25) is 0 Å². The van der Waals surface area contributed by atoms with Gasteiger partial charge in [0.2, 0.25) is 0 Å². The van der Waals surface area contributed by atoms with Crippen molar-refractivity contribution in [3.8, 4) is 0 Å². The highest BCUT2D eigenvalue weighted by Gasteiger charge is 2.36.